The van der Waals surface area contributed by atoms with E-state index in [-0.39, 0.29) is 11.4 Å². The first-order valence-corrected chi connectivity index (χ1v) is 13.4. The van der Waals surface area contributed by atoms with Crippen LogP contribution in [0.4, 0.5) is 20.6 Å². The highest BCUT2D eigenvalue weighted by atomic mass is 32.3. The van der Waals surface area contributed by atoms with Crippen LogP contribution in [0.15, 0.2) is 65.8 Å². The number of nitrogens with zero attached hydrogens (tertiary/aromatic N) is 1. The van der Waals surface area contributed by atoms with Crippen molar-refractivity contribution in [2.45, 2.75) is 37.8 Å². The zero-order chi connectivity index (χ0) is 25.9. The summed E-state index contributed by atoms with van der Waals surface area (Å²) in [5, 5.41) is 5.92. The molecule has 10 heteroatoms. The second kappa shape index (κ2) is 10.2. The first-order chi connectivity index (χ1) is 17.0. The Morgan fingerprint density at radius 2 is 1.72 bits per heavy atom. The predicted octanol–water partition coefficient (Wildman–Crippen LogP) is 4.77. The van der Waals surface area contributed by atoms with E-state index in [1.54, 1.807) is 63.2 Å². The number of carbonyl (C=O) groups excluding carboxylic acids is 2. The minimum Gasteiger partial charge on any atom is -0.444 e. The smallest absolute Gasteiger partial charge is 0.412 e. The topological polar surface area (TPSA) is 109 Å². The number of carbonyl (C=O) groups is 2. The van der Waals surface area contributed by atoms with E-state index in [9.17, 15) is 18.2 Å². The number of aromatic nitrogens is 1. The zero-order valence-electron chi connectivity index (χ0n) is 20.3. The molecule has 3 aromatic rings. The fraction of sp³-hybridized carbons (Fsp3) is 0.269. The highest BCUT2D eigenvalue weighted by Gasteiger charge is 2.24. The molecular weight excluding hydrogens is 483 g/mol. The average Bonchev–Trinajstić information content (AvgIpc) is 3.27. The van der Waals surface area contributed by atoms with E-state index in [0.717, 1.165) is 12.0 Å². The van der Waals surface area contributed by atoms with Crippen LogP contribution in [0, 0.1) is 5.82 Å². The molecule has 0 radical (unpaired) electrons. The lowest BCUT2D eigenvalue weighted by Crippen LogP contribution is -2.28. The van der Waals surface area contributed by atoms with Gasteiger partial charge in [0.15, 0.2) is 0 Å². The molecule has 0 unspecified atom stereocenters. The van der Waals surface area contributed by atoms with Crippen LogP contribution >= 0.6 is 0 Å². The molecule has 3 N–H and O–H groups in total. The number of hydrogen-bond donors (Lipinski definition) is 4. The van der Waals surface area contributed by atoms with Crippen molar-refractivity contribution in [1.29, 1.82) is 0 Å². The molecule has 36 heavy (non-hydrogen) atoms. The summed E-state index contributed by atoms with van der Waals surface area (Å²) in [5.74, 6) is -0.279. The molecule has 1 fully saturated rings. The third-order valence-corrected chi connectivity index (χ3v) is 8.16. The lowest BCUT2D eigenvalue weighted by atomic mass is 10.0. The molecule has 2 aromatic carbocycles. The summed E-state index contributed by atoms with van der Waals surface area (Å²) in [6.07, 6.45) is 1.53. The van der Waals surface area contributed by atoms with E-state index in [0.29, 0.717) is 34.3 Å². The Labute approximate surface area is 210 Å². The van der Waals surface area contributed by atoms with Crippen molar-refractivity contribution < 1.29 is 22.9 Å². The normalized spacial score (nSPS) is 15.7. The molecule has 190 valence electrons. The van der Waals surface area contributed by atoms with Gasteiger partial charge in [0.05, 0.1) is 16.9 Å². The van der Waals surface area contributed by atoms with Gasteiger partial charge in [0.2, 0.25) is 0 Å². The SMILES string of the molecule is CC(C)(C)OC(=O)Nc1ccc(-c2ccc(F)cc2)cc1NC(=O)c1ccc([SH]2(=O)CCCN2)nc1. The van der Waals surface area contributed by atoms with E-state index in [4.69, 9.17) is 4.74 Å². The van der Waals surface area contributed by atoms with Crippen molar-refractivity contribution in [1.82, 2.24) is 9.71 Å². The fourth-order valence-corrected chi connectivity index (χ4v) is 5.99. The van der Waals surface area contributed by atoms with Crippen LogP contribution in [0.5, 0.6) is 0 Å². The van der Waals surface area contributed by atoms with Gasteiger partial charge < -0.3 is 10.1 Å². The molecule has 0 bridgehead atoms. The molecule has 0 saturated carbocycles. The van der Waals surface area contributed by atoms with E-state index in [1.807, 2.05) is 0 Å². The highest BCUT2D eigenvalue weighted by molar-refractivity contribution is 8.01. The first-order valence-electron chi connectivity index (χ1n) is 11.5. The molecule has 1 aromatic heterocycles. The number of nitrogens with one attached hydrogen (secondary N) is 3. The van der Waals surface area contributed by atoms with Gasteiger partial charge in [-0.25, -0.2) is 14.2 Å². The molecule has 1 aliphatic rings. The van der Waals surface area contributed by atoms with Crippen molar-refractivity contribution in [2.24, 2.45) is 0 Å². The van der Waals surface area contributed by atoms with Gasteiger partial charge in [0.1, 0.15) is 16.4 Å². The van der Waals surface area contributed by atoms with Crippen molar-refractivity contribution in [3.05, 3.63) is 72.2 Å². The number of pyridine rings is 1. The summed E-state index contributed by atoms with van der Waals surface area (Å²) in [6.45, 7) is 5.93. The third-order valence-electron chi connectivity index (χ3n) is 5.48. The highest BCUT2D eigenvalue weighted by Crippen LogP contribution is 2.30. The van der Waals surface area contributed by atoms with Gasteiger partial charge in [-0.05, 0) is 84.8 Å². The Bertz CT molecular complexity index is 1310. The van der Waals surface area contributed by atoms with Crippen molar-refractivity contribution in [2.75, 3.05) is 22.9 Å². The van der Waals surface area contributed by atoms with Crippen molar-refractivity contribution in [3.8, 4) is 11.1 Å². The summed E-state index contributed by atoms with van der Waals surface area (Å²) in [4.78, 5) is 29.7. The predicted molar refractivity (Wildman–Crippen MR) is 139 cm³/mol. The number of rotatable bonds is 5. The molecule has 0 atom stereocenters. The van der Waals surface area contributed by atoms with Crippen molar-refractivity contribution >= 4 is 33.5 Å². The van der Waals surface area contributed by atoms with Gasteiger partial charge in [0, 0.05) is 18.5 Å². The van der Waals surface area contributed by atoms with Gasteiger partial charge >= 0.3 is 6.09 Å². The van der Waals surface area contributed by atoms with Crippen LogP contribution in [0.25, 0.3) is 11.1 Å². The van der Waals surface area contributed by atoms with Gasteiger partial charge in [-0.3, -0.25) is 19.0 Å². The Morgan fingerprint density at radius 3 is 2.33 bits per heavy atom. The number of benzene rings is 2. The molecule has 2 amide bonds. The standard InChI is InChI=1S/C26H29FN4O4S/c1-26(2,3)35-25(33)31-21-11-7-18(17-5-9-20(27)10-6-17)15-22(21)30-24(32)19-8-12-23(28-16-19)36(34)14-4-13-29-36/h5-12,15-16,36H,4,13-14H2,1-3H3,(H,29,34)(H,30,32)(H,31,33). The molecule has 0 aliphatic carbocycles. The lowest BCUT2D eigenvalue weighted by Gasteiger charge is -2.21. The van der Waals surface area contributed by atoms with Gasteiger partial charge in [0.25, 0.3) is 5.91 Å². The number of anilines is 2. The fourth-order valence-electron chi connectivity index (χ4n) is 3.76. The van der Waals surface area contributed by atoms with Crippen LogP contribution in [0.2, 0.25) is 0 Å². The van der Waals surface area contributed by atoms with E-state index in [1.165, 1.54) is 18.3 Å². The van der Waals surface area contributed by atoms with Gasteiger partial charge in [-0.1, -0.05) is 18.2 Å². The largest absolute Gasteiger partial charge is 0.444 e. The quantitative estimate of drug-likeness (QED) is 0.368. The van der Waals surface area contributed by atoms with Crippen LogP contribution in [-0.4, -0.2) is 39.1 Å². The number of hydrogen-bond acceptors (Lipinski definition) is 5. The monoisotopic (exact) mass is 512 g/mol. The first kappa shape index (κ1) is 25.5. The van der Waals surface area contributed by atoms with Crippen LogP contribution in [-0.2, 0) is 14.9 Å². The lowest BCUT2D eigenvalue weighted by molar-refractivity contribution is 0.0635. The molecule has 4 rings (SSSR count). The Morgan fingerprint density at radius 1 is 1.00 bits per heavy atom. The molecule has 1 aliphatic heterocycles. The minimum atomic E-state index is -2.71. The average molecular weight is 513 g/mol. The molecule has 0 spiro atoms. The Balaban J connectivity index is 1.60. The number of amides is 2. The minimum absolute atomic E-state index is 0.264. The Hall–Kier alpha value is -3.63. The maximum absolute atomic E-state index is 13.4. The maximum Gasteiger partial charge on any atom is 0.412 e. The summed E-state index contributed by atoms with van der Waals surface area (Å²) < 4.78 is 34.6. The third kappa shape index (κ3) is 6.13. The number of ether oxygens (including phenoxy) is 1. The summed E-state index contributed by atoms with van der Waals surface area (Å²) in [7, 11) is -2.71. The maximum atomic E-state index is 13.4. The number of halogens is 1. The molecule has 1 saturated heterocycles. The van der Waals surface area contributed by atoms with Crippen LogP contribution in [0.1, 0.15) is 37.6 Å². The summed E-state index contributed by atoms with van der Waals surface area (Å²) in [6, 6.07) is 14.2. The van der Waals surface area contributed by atoms with Crippen molar-refractivity contribution in [3.63, 3.8) is 0 Å². The molecule has 2 heterocycles. The van der Waals surface area contributed by atoms with Crippen LogP contribution < -0.4 is 15.4 Å². The van der Waals surface area contributed by atoms with Gasteiger partial charge in [-0.15, -0.1) is 0 Å². The van der Waals surface area contributed by atoms with E-state index >= 15 is 0 Å². The summed E-state index contributed by atoms with van der Waals surface area (Å²) >= 11 is 0. The van der Waals surface area contributed by atoms with E-state index < -0.39 is 27.7 Å². The van der Waals surface area contributed by atoms with Crippen LogP contribution in [0.3, 0.4) is 0 Å². The molecule has 8 nitrogen and oxygen atoms in total. The van der Waals surface area contributed by atoms with E-state index in [2.05, 4.69) is 20.3 Å². The second-order valence-corrected chi connectivity index (χ2v) is 12.2. The molecular formula is C26H29FN4O4S. The summed E-state index contributed by atoms with van der Waals surface area (Å²) in [5.41, 5.74) is 1.65. The second-order valence-electron chi connectivity index (χ2n) is 9.48. The zero-order valence-corrected chi connectivity index (χ0v) is 21.2. The number of thiol groups is 1. The van der Waals surface area contributed by atoms with Gasteiger partial charge in [-0.2, -0.15) is 0 Å². The Kier molecular flexibility index (Phi) is 7.18.